The number of thioether (sulfide) groups is 1. The highest BCUT2D eigenvalue weighted by molar-refractivity contribution is 7.98. The van der Waals surface area contributed by atoms with Gasteiger partial charge in [0.1, 0.15) is 10.8 Å². The average Bonchev–Trinajstić information content (AvgIpc) is 3.15. The first-order valence-corrected chi connectivity index (χ1v) is 11.3. The molecule has 3 aromatic rings. The van der Waals surface area contributed by atoms with Crippen molar-refractivity contribution in [3.05, 3.63) is 24.3 Å². The van der Waals surface area contributed by atoms with Gasteiger partial charge in [-0.15, -0.1) is 11.8 Å². The normalized spacial score (nSPS) is 17.3. The summed E-state index contributed by atoms with van der Waals surface area (Å²) in [4.78, 5) is 11.8. The SMILES string of the molecule is CSc1n[nH]c2nc(Nc3ccc(N4CCOCC4)cc3)nc(NC3CCC3)c12. The van der Waals surface area contributed by atoms with Gasteiger partial charge in [-0.3, -0.25) is 5.10 Å². The summed E-state index contributed by atoms with van der Waals surface area (Å²) in [5, 5.41) is 16.2. The summed E-state index contributed by atoms with van der Waals surface area (Å²) in [6.45, 7) is 3.43. The van der Waals surface area contributed by atoms with Crippen molar-refractivity contribution in [1.82, 2.24) is 20.2 Å². The molecule has 1 aromatic carbocycles. The molecule has 9 heteroatoms. The third-order valence-corrected chi connectivity index (χ3v) is 6.21. The van der Waals surface area contributed by atoms with E-state index in [1.54, 1.807) is 11.8 Å². The Kier molecular flexibility index (Phi) is 5.15. The first-order valence-electron chi connectivity index (χ1n) is 10.1. The highest BCUT2D eigenvalue weighted by Gasteiger charge is 2.22. The van der Waals surface area contributed by atoms with Crippen LogP contribution in [0.15, 0.2) is 29.3 Å². The quantitative estimate of drug-likeness (QED) is 0.530. The van der Waals surface area contributed by atoms with Gasteiger partial charge in [-0.05, 0) is 49.8 Å². The molecule has 152 valence electrons. The van der Waals surface area contributed by atoms with E-state index >= 15 is 0 Å². The largest absolute Gasteiger partial charge is 0.378 e. The Bertz CT molecular complexity index is 980. The third-order valence-electron chi connectivity index (χ3n) is 5.53. The number of morpholine rings is 1. The van der Waals surface area contributed by atoms with E-state index in [2.05, 4.69) is 55.0 Å². The molecule has 0 spiro atoms. The van der Waals surface area contributed by atoms with E-state index in [4.69, 9.17) is 9.72 Å². The van der Waals surface area contributed by atoms with E-state index in [1.807, 2.05) is 6.26 Å². The lowest BCUT2D eigenvalue weighted by molar-refractivity contribution is 0.122. The first-order chi connectivity index (χ1) is 14.3. The number of anilines is 4. The Morgan fingerprint density at radius 1 is 1.14 bits per heavy atom. The molecule has 1 aliphatic heterocycles. The molecule has 5 rings (SSSR count). The summed E-state index contributed by atoms with van der Waals surface area (Å²) in [6.07, 6.45) is 5.66. The molecule has 2 fully saturated rings. The highest BCUT2D eigenvalue weighted by Crippen LogP contribution is 2.32. The van der Waals surface area contributed by atoms with Crippen molar-refractivity contribution < 1.29 is 4.74 Å². The van der Waals surface area contributed by atoms with E-state index in [1.165, 1.54) is 24.9 Å². The zero-order valence-electron chi connectivity index (χ0n) is 16.4. The lowest BCUT2D eigenvalue weighted by Gasteiger charge is -2.29. The molecule has 8 nitrogen and oxygen atoms in total. The maximum absolute atomic E-state index is 5.43. The number of hydrogen-bond acceptors (Lipinski definition) is 8. The average molecular weight is 412 g/mol. The summed E-state index contributed by atoms with van der Waals surface area (Å²) in [6, 6.07) is 8.87. The number of aromatic amines is 1. The van der Waals surface area contributed by atoms with Gasteiger partial charge in [0.05, 0.1) is 18.6 Å². The molecule has 1 aliphatic carbocycles. The predicted molar refractivity (Wildman–Crippen MR) is 117 cm³/mol. The van der Waals surface area contributed by atoms with Crippen molar-refractivity contribution in [2.75, 3.05) is 48.1 Å². The van der Waals surface area contributed by atoms with Crippen molar-refractivity contribution in [2.45, 2.75) is 30.3 Å². The summed E-state index contributed by atoms with van der Waals surface area (Å²) < 4.78 is 5.43. The van der Waals surface area contributed by atoms with Crippen LogP contribution in [0, 0.1) is 0 Å². The molecule has 0 bridgehead atoms. The molecule has 29 heavy (non-hydrogen) atoms. The zero-order valence-corrected chi connectivity index (χ0v) is 17.3. The van der Waals surface area contributed by atoms with E-state index in [0.717, 1.165) is 53.9 Å². The van der Waals surface area contributed by atoms with E-state index in [-0.39, 0.29) is 0 Å². The molecule has 2 aromatic heterocycles. The number of nitrogens with one attached hydrogen (secondary N) is 3. The zero-order chi connectivity index (χ0) is 19.6. The van der Waals surface area contributed by atoms with Gasteiger partial charge >= 0.3 is 0 Å². The van der Waals surface area contributed by atoms with E-state index in [0.29, 0.717) is 12.0 Å². The molecule has 0 unspecified atom stereocenters. The number of nitrogens with zero attached hydrogens (tertiary/aromatic N) is 4. The number of fused-ring (bicyclic) bond motifs is 1. The fourth-order valence-corrected chi connectivity index (χ4v) is 4.20. The van der Waals surface area contributed by atoms with Crippen LogP contribution in [-0.2, 0) is 4.74 Å². The summed E-state index contributed by atoms with van der Waals surface area (Å²) in [5.41, 5.74) is 2.92. The first kappa shape index (κ1) is 18.5. The number of aromatic nitrogens is 4. The maximum atomic E-state index is 5.43. The van der Waals surface area contributed by atoms with Crippen molar-refractivity contribution in [3.8, 4) is 0 Å². The molecule has 1 saturated heterocycles. The fourth-order valence-electron chi connectivity index (χ4n) is 3.66. The van der Waals surface area contributed by atoms with E-state index < -0.39 is 0 Å². The second-order valence-electron chi connectivity index (χ2n) is 7.40. The van der Waals surface area contributed by atoms with Crippen molar-refractivity contribution in [1.29, 1.82) is 0 Å². The van der Waals surface area contributed by atoms with Crippen molar-refractivity contribution in [3.63, 3.8) is 0 Å². The van der Waals surface area contributed by atoms with Gasteiger partial charge in [0.15, 0.2) is 5.65 Å². The van der Waals surface area contributed by atoms with Crippen LogP contribution < -0.4 is 15.5 Å². The third kappa shape index (κ3) is 3.84. The fraction of sp³-hybridized carbons (Fsp3) is 0.450. The monoisotopic (exact) mass is 411 g/mol. The number of rotatable bonds is 6. The smallest absolute Gasteiger partial charge is 0.231 e. The van der Waals surface area contributed by atoms with E-state index in [9.17, 15) is 0 Å². The van der Waals surface area contributed by atoms with Crippen LogP contribution in [0.4, 0.5) is 23.1 Å². The number of hydrogen-bond donors (Lipinski definition) is 3. The minimum absolute atomic E-state index is 0.485. The summed E-state index contributed by atoms with van der Waals surface area (Å²) in [5.74, 6) is 1.42. The van der Waals surface area contributed by atoms with Gasteiger partial charge < -0.3 is 20.3 Å². The summed E-state index contributed by atoms with van der Waals surface area (Å²) in [7, 11) is 0. The number of benzene rings is 1. The van der Waals surface area contributed by atoms with Crippen LogP contribution in [0.2, 0.25) is 0 Å². The van der Waals surface area contributed by atoms with Crippen LogP contribution in [0.25, 0.3) is 11.0 Å². The number of ether oxygens (including phenoxy) is 1. The van der Waals surface area contributed by atoms with Crippen molar-refractivity contribution >= 4 is 45.9 Å². The molecule has 2 aliphatic rings. The van der Waals surface area contributed by atoms with Gasteiger partial charge in [-0.1, -0.05) is 0 Å². The second-order valence-corrected chi connectivity index (χ2v) is 8.19. The molecular formula is C20H25N7OS. The Hall–Kier alpha value is -2.52. The van der Waals surface area contributed by atoms with Gasteiger partial charge in [-0.2, -0.15) is 15.1 Å². The molecule has 3 heterocycles. The highest BCUT2D eigenvalue weighted by atomic mass is 32.2. The molecule has 0 atom stereocenters. The van der Waals surface area contributed by atoms with Crippen LogP contribution in [-0.4, -0.2) is 58.8 Å². The molecule has 3 N–H and O–H groups in total. The number of H-pyrrole nitrogens is 1. The van der Waals surface area contributed by atoms with Gasteiger partial charge in [0.25, 0.3) is 0 Å². The van der Waals surface area contributed by atoms with Crippen molar-refractivity contribution in [2.24, 2.45) is 0 Å². The molecule has 1 saturated carbocycles. The minimum atomic E-state index is 0.485. The van der Waals surface area contributed by atoms with Crippen LogP contribution >= 0.6 is 11.8 Å². The Morgan fingerprint density at radius 3 is 2.62 bits per heavy atom. The topological polar surface area (TPSA) is 91.0 Å². The summed E-state index contributed by atoms with van der Waals surface area (Å²) >= 11 is 1.60. The van der Waals surface area contributed by atoms with Gasteiger partial charge in [-0.25, -0.2) is 0 Å². The Labute approximate surface area is 173 Å². The Morgan fingerprint density at radius 2 is 1.93 bits per heavy atom. The lowest BCUT2D eigenvalue weighted by Crippen LogP contribution is -2.36. The lowest BCUT2D eigenvalue weighted by atomic mass is 9.93. The van der Waals surface area contributed by atoms with Gasteiger partial charge in [0, 0.05) is 30.5 Å². The second kappa shape index (κ2) is 8.08. The maximum Gasteiger partial charge on any atom is 0.231 e. The predicted octanol–water partition coefficient (Wildman–Crippen LogP) is 3.62. The van der Waals surface area contributed by atoms with Crippen LogP contribution in [0.5, 0.6) is 0 Å². The minimum Gasteiger partial charge on any atom is -0.378 e. The van der Waals surface area contributed by atoms with Gasteiger partial charge in [0.2, 0.25) is 5.95 Å². The molecule has 0 radical (unpaired) electrons. The molecular weight excluding hydrogens is 386 g/mol. The molecule has 0 amide bonds. The standard InChI is InChI=1S/C20H25N7OS/c1-29-19-16-17(21-13-3-2-4-13)23-20(24-18(16)25-26-19)22-14-5-7-15(8-6-14)27-9-11-28-12-10-27/h5-8,13H,2-4,9-12H2,1H3,(H3,21,22,23,24,25,26). The van der Waals surface area contributed by atoms with Crippen LogP contribution in [0.1, 0.15) is 19.3 Å². The Balaban J connectivity index is 1.39. The van der Waals surface area contributed by atoms with Crippen LogP contribution in [0.3, 0.4) is 0 Å².